The lowest BCUT2D eigenvalue weighted by Crippen LogP contribution is -2.32. The highest BCUT2D eigenvalue weighted by molar-refractivity contribution is 7.22. The number of nitrogens with zero attached hydrogens (tertiary/aromatic N) is 3. The fourth-order valence-electron chi connectivity index (χ4n) is 3.14. The van der Waals surface area contributed by atoms with Crippen molar-refractivity contribution in [2.24, 2.45) is 0 Å². The zero-order valence-corrected chi connectivity index (χ0v) is 18.4. The number of fused-ring (bicyclic) bond motifs is 2. The van der Waals surface area contributed by atoms with Crippen molar-refractivity contribution in [1.29, 1.82) is 0 Å². The molecule has 0 aliphatic carbocycles. The van der Waals surface area contributed by atoms with Crippen LogP contribution < -0.4 is 14.4 Å². The van der Waals surface area contributed by atoms with Crippen LogP contribution in [0.1, 0.15) is 12.0 Å². The minimum atomic E-state index is -0.124. The Morgan fingerprint density at radius 3 is 2.83 bits per heavy atom. The molecule has 1 amide bonds. The molecule has 1 aliphatic heterocycles. The van der Waals surface area contributed by atoms with Crippen LogP contribution in [-0.2, 0) is 4.79 Å². The quantitative estimate of drug-likeness (QED) is 0.496. The van der Waals surface area contributed by atoms with Crippen LogP contribution in [0.2, 0.25) is 5.02 Å². The molecule has 2 heterocycles. The Hall–Kier alpha value is -2.61. The van der Waals surface area contributed by atoms with E-state index in [2.05, 4.69) is 9.88 Å². The average molecular weight is 444 g/mol. The number of carbonyl (C=O) groups is 1. The summed E-state index contributed by atoms with van der Waals surface area (Å²) in [6.45, 7) is 1.67. The van der Waals surface area contributed by atoms with Gasteiger partial charge in [0.1, 0.15) is 5.52 Å². The predicted octanol–water partition coefficient (Wildman–Crippen LogP) is 4.68. The normalized spacial score (nSPS) is 12.9. The number of amides is 1. The maximum Gasteiger partial charge on any atom is 0.252 e. The number of thiazole rings is 1. The summed E-state index contributed by atoms with van der Waals surface area (Å²) in [6.07, 6.45) is 4.19. The monoisotopic (exact) mass is 443 g/mol. The van der Waals surface area contributed by atoms with Crippen molar-refractivity contribution in [3.05, 3.63) is 53.1 Å². The lowest BCUT2D eigenvalue weighted by Gasteiger charge is -2.19. The summed E-state index contributed by atoms with van der Waals surface area (Å²) >= 11 is 7.76. The molecule has 0 radical (unpaired) electrons. The van der Waals surface area contributed by atoms with Crippen molar-refractivity contribution < 1.29 is 14.3 Å². The summed E-state index contributed by atoms with van der Waals surface area (Å²) in [5.74, 6) is 1.28. The summed E-state index contributed by atoms with van der Waals surface area (Å²) in [4.78, 5) is 21.5. The molecule has 0 N–H and O–H groups in total. The smallest absolute Gasteiger partial charge is 0.252 e. The zero-order valence-electron chi connectivity index (χ0n) is 16.8. The average Bonchev–Trinajstić information content (AvgIpc) is 3.36. The molecule has 0 saturated heterocycles. The third-order valence-electron chi connectivity index (χ3n) is 4.66. The number of benzene rings is 2. The molecule has 2 aromatic carbocycles. The van der Waals surface area contributed by atoms with Gasteiger partial charge < -0.3 is 14.4 Å². The molecule has 0 spiro atoms. The van der Waals surface area contributed by atoms with E-state index in [-0.39, 0.29) is 12.7 Å². The number of carbonyl (C=O) groups excluding carboxylic acids is 1. The van der Waals surface area contributed by atoms with E-state index >= 15 is 0 Å². The summed E-state index contributed by atoms with van der Waals surface area (Å²) in [5, 5.41) is 1.24. The molecule has 0 unspecified atom stereocenters. The molecule has 0 bridgehead atoms. The van der Waals surface area contributed by atoms with Gasteiger partial charge in [-0.25, -0.2) is 4.98 Å². The first-order valence-electron chi connectivity index (χ1n) is 9.60. The first-order valence-corrected chi connectivity index (χ1v) is 10.8. The fraction of sp³-hybridized carbons (Fsp3) is 0.273. The molecular weight excluding hydrogens is 422 g/mol. The van der Waals surface area contributed by atoms with Crippen molar-refractivity contribution in [3.8, 4) is 11.5 Å². The lowest BCUT2D eigenvalue weighted by atomic mass is 10.2. The van der Waals surface area contributed by atoms with E-state index in [0.717, 1.165) is 34.5 Å². The van der Waals surface area contributed by atoms with Crippen LogP contribution in [0.25, 0.3) is 16.3 Å². The van der Waals surface area contributed by atoms with Gasteiger partial charge in [-0.05, 0) is 63.0 Å². The van der Waals surface area contributed by atoms with E-state index < -0.39 is 0 Å². The molecule has 6 nitrogen and oxygen atoms in total. The minimum Gasteiger partial charge on any atom is -0.454 e. The van der Waals surface area contributed by atoms with Gasteiger partial charge >= 0.3 is 0 Å². The van der Waals surface area contributed by atoms with Crippen molar-refractivity contribution >= 4 is 50.3 Å². The third-order valence-corrected chi connectivity index (χ3v) is 6.01. The Morgan fingerprint density at radius 2 is 2.03 bits per heavy atom. The summed E-state index contributed by atoms with van der Waals surface area (Å²) in [5.41, 5.74) is 1.59. The maximum absolute atomic E-state index is 13.1. The van der Waals surface area contributed by atoms with Gasteiger partial charge in [0.25, 0.3) is 5.91 Å². The number of halogens is 1. The molecule has 30 heavy (non-hydrogen) atoms. The fourth-order valence-corrected chi connectivity index (χ4v) is 4.43. The number of hydrogen-bond acceptors (Lipinski definition) is 6. The molecular formula is C22H22ClN3O3S. The second-order valence-electron chi connectivity index (χ2n) is 7.18. The van der Waals surface area contributed by atoms with Gasteiger partial charge in [-0.3, -0.25) is 9.69 Å². The molecule has 3 aromatic rings. The highest BCUT2D eigenvalue weighted by atomic mass is 35.5. The van der Waals surface area contributed by atoms with Gasteiger partial charge in [-0.2, -0.15) is 0 Å². The highest BCUT2D eigenvalue weighted by Crippen LogP contribution is 2.34. The Balaban J connectivity index is 1.57. The molecule has 0 fully saturated rings. The first kappa shape index (κ1) is 20.7. The van der Waals surface area contributed by atoms with Gasteiger partial charge in [-0.15, -0.1) is 0 Å². The number of para-hydroxylation sites is 1. The van der Waals surface area contributed by atoms with E-state index in [9.17, 15) is 4.79 Å². The predicted molar refractivity (Wildman–Crippen MR) is 122 cm³/mol. The highest BCUT2D eigenvalue weighted by Gasteiger charge is 2.19. The Morgan fingerprint density at radius 1 is 1.20 bits per heavy atom. The molecule has 0 atom stereocenters. The van der Waals surface area contributed by atoms with Gasteiger partial charge in [0.2, 0.25) is 6.79 Å². The summed E-state index contributed by atoms with van der Waals surface area (Å²) < 4.78 is 11.7. The zero-order chi connectivity index (χ0) is 21.1. The standard InChI is InChI=1S/C22H22ClN3O3S/c1-25(2)11-4-12-26(22-24-21-16(23)5-3-6-19(21)30-22)20(27)10-8-15-7-9-17-18(13-15)29-14-28-17/h3,5-10,13H,4,11-12,14H2,1-2H3/b10-8+. The van der Waals surface area contributed by atoms with Gasteiger partial charge in [0.05, 0.1) is 9.72 Å². The van der Waals surface area contributed by atoms with Crippen LogP contribution in [0.5, 0.6) is 11.5 Å². The summed E-state index contributed by atoms with van der Waals surface area (Å²) in [7, 11) is 4.03. The van der Waals surface area contributed by atoms with E-state index in [1.165, 1.54) is 11.3 Å². The van der Waals surface area contributed by atoms with Crippen molar-refractivity contribution in [2.45, 2.75) is 6.42 Å². The number of rotatable bonds is 7. The first-order chi connectivity index (χ1) is 14.5. The second kappa shape index (κ2) is 9.04. The number of ether oxygens (including phenoxy) is 2. The van der Waals surface area contributed by atoms with Gasteiger partial charge in [0.15, 0.2) is 16.6 Å². The Labute approximate surface area is 184 Å². The second-order valence-corrected chi connectivity index (χ2v) is 8.59. The number of hydrogen-bond donors (Lipinski definition) is 0. The Kier molecular flexibility index (Phi) is 6.22. The van der Waals surface area contributed by atoms with Crippen LogP contribution in [0, 0.1) is 0 Å². The molecule has 8 heteroatoms. The molecule has 156 valence electrons. The maximum atomic E-state index is 13.1. The van der Waals surface area contributed by atoms with E-state index in [1.807, 2.05) is 50.5 Å². The molecule has 4 rings (SSSR count). The topological polar surface area (TPSA) is 54.9 Å². The van der Waals surface area contributed by atoms with E-state index in [1.54, 1.807) is 17.1 Å². The molecule has 1 aliphatic rings. The summed E-state index contributed by atoms with van der Waals surface area (Å²) in [6, 6.07) is 11.3. The van der Waals surface area contributed by atoms with Gasteiger partial charge in [0, 0.05) is 12.6 Å². The molecule has 1 aromatic heterocycles. The van der Waals surface area contributed by atoms with E-state index in [4.69, 9.17) is 21.1 Å². The van der Waals surface area contributed by atoms with Crippen LogP contribution in [0.3, 0.4) is 0 Å². The van der Waals surface area contributed by atoms with Crippen LogP contribution >= 0.6 is 22.9 Å². The number of aromatic nitrogens is 1. The van der Waals surface area contributed by atoms with Crippen LogP contribution in [0.15, 0.2) is 42.5 Å². The van der Waals surface area contributed by atoms with Crippen molar-refractivity contribution in [2.75, 3.05) is 38.9 Å². The van der Waals surface area contributed by atoms with E-state index in [0.29, 0.717) is 22.4 Å². The Bertz CT molecular complexity index is 1100. The van der Waals surface area contributed by atoms with Crippen molar-refractivity contribution in [1.82, 2.24) is 9.88 Å². The van der Waals surface area contributed by atoms with Crippen LogP contribution in [0.4, 0.5) is 5.13 Å². The van der Waals surface area contributed by atoms with Crippen molar-refractivity contribution in [3.63, 3.8) is 0 Å². The largest absolute Gasteiger partial charge is 0.454 e. The van der Waals surface area contributed by atoms with Gasteiger partial charge in [-0.1, -0.05) is 35.1 Å². The van der Waals surface area contributed by atoms with Crippen LogP contribution in [-0.4, -0.2) is 49.8 Å². The molecule has 0 saturated carbocycles. The minimum absolute atomic E-state index is 0.124. The SMILES string of the molecule is CN(C)CCCN(C(=O)/C=C/c1ccc2c(c1)OCO2)c1nc2c(Cl)cccc2s1. The number of anilines is 1. The third kappa shape index (κ3) is 4.59. The lowest BCUT2D eigenvalue weighted by molar-refractivity contribution is -0.114.